The number of epoxide rings is 1. The third-order valence-corrected chi connectivity index (χ3v) is 12.6. The van der Waals surface area contributed by atoms with Gasteiger partial charge in [0.25, 0.3) is 0 Å². The fourth-order valence-electron chi connectivity index (χ4n) is 10.2. The summed E-state index contributed by atoms with van der Waals surface area (Å²) in [5.74, 6) is 2.42. The van der Waals surface area contributed by atoms with E-state index in [1.54, 1.807) is 5.57 Å². The average molecular weight is 459 g/mol. The van der Waals surface area contributed by atoms with E-state index in [2.05, 4.69) is 61.5 Å². The van der Waals surface area contributed by atoms with E-state index in [-0.39, 0.29) is 34.7 Å². The molecule has 0 radical (unpaired) electrons. The Morgan fingerprint density at radius 3 is 2.30 bits per heavy atom. The van der Waals surface area contributed by atoms with Crippen molar-refractivity contribution >= 4 is 0 Å². The van der Waals surface area contributed by atoms with Gasteiger partial charge in [0.15, 0.2) is 0 Å². The van der Waals surface area contributed by atoms with Crippen LogP contribution >= 0.6 is 0 Å². The first-order valence-corrected chi connectivity index (χ1v) is 13.9. The van der Waals surface area contributed by atoms with Crippen molar-refractivity contribution < 1.29 is 14.9 Å². The molecule has 0 aromatic rings. The summed E-state index contributed by atoms with van der Waals surface area (Å²) in [6.45, 7) is 19.0. The molecule has 5 aliphatic rings. The summed E-state index contributed by atoms with van der Waals surface area (Å²) in [6.07, 6.45) is 11.4. The fourth-order valence-corrected chi connectivity index (χ4v) is 10.2. The lowest BCUT2D eigenvalue weighted by atomic mass is 9.41. The molecule has 1 aliphatic heterocycles. The number of hydrogen-bond donors (Lipinski definition) is 2. The quantitative estimate of drug-likeness (QED) is 0.372. The van der Waals surface area contributed by atoms with Crippen LogP contribution in [0.3, 0.4) is 0 Å². The first-order chi connectivity index (χ1) is 15.2. The lowest BCUT2D eigenvalue weighted by Crippen LogP contribution is -2.58. The van der Waals surface area contributed by atoms with Gasteiger partial charge in [0.05, 0.1) is 17.8 Å². The number of allylic oxidation sites excluding steroid dienone is 2. The molecule has 33 heavy (non-hydrogen) atoms. The van der Waals surface area contributed by atoms with E-state index >= 15 is 0 Å². The van der Waals surface area contributed by atoms with Gasteiger partial charge in [-0.25, -0.2) is 0 Å². The minimum absolute atomic E-state index is 0.00178. The highest BCUT2D eigenvalue weighted by Gasteiger charge is 2.65. The molecule has 3 saturated carbocycles. The molecule has 10 atom stereocenters. The maximum Gasteiger partial charge on any atom is 0.113 e. The lowest BCUT2D eigenvalue weighted by molar-refractivity contribution is -0.131. The van der Waals surface area contributed by atoms with Crippen LogP contribution in [0.5, 0.6) is 0 Å². The molecule has 3 nitrogen and oxygen atoms in total. The van der Waals surface area contributed by atoms with E-state index in [4.69, 9.17) is 4.74 Å². The molecule has 3 heteroatoms. The zero-order valence-electron chi connectivity index (χ0n) is 22.6. The lowest BCUT2D eigenvalue weighted by Gasteiger charge is -2.64. The number of aliphatic hydroxyl groups is 2. The number of ether oxygens (including phenoxy) is 1. The zero-order valence-corrected chi connectivity index (χ0v) is 22.6. The average Bonchev–Trinajstić information content (AvgIpc) is 3.26. The molecule has 0 unspecified atom stereocenters. The maximum atomic E-state index is 10.9. The molecule has 5 rings (SSSR count). The summed E-state index contributed by atoms with van der Waals surface area (Å²) in [7, 11) is 0. The molecule has 0 aromatic heterocycles. The molecular weight excluding hydrogens is 408 g/mol. The highest BCUT2D eigenvalue weighted by atomic mass is 16.6. The van der Waals surface area contributed by atoms with Crippen LogP contribution in [0, 0.1) is 45.3 Å². The number of fused-ring (bicyclic) bond motifs is 5. The monoisotopic (exact) mass is 458 g/mol. The van der Waals surface area contributed by atoms with E-state index < -0.39 is 0 Å². The van der Waals surface area contributed by atoms with Crippen LogP contribution < -0.4 is 0 Å². The smallest absolute Gasteiger partial charge is 0.113 e. The van der Waals surface area contributed by atoms with Crippen molar-refractivity contribution in [3.63, 3.8) is 0 Å². The molecule has 4 aliphatic carbocycles. The molecule has 0 aromatic carbocycles. The normalized spacial score (nSPS) is 51.6. The number of aliphatic hydroxyl groups excluding tert-OH is 2. The Kier molecular flexibility index (Phi) is 5.40. The fraction of sp³-hybridized carbons (Fsp3) is 0.933. The molecule has 0 amide bonds. The Bertz CT molecular complexity index is 828. The van der Waals surface area contributed by atoms with Gasteiger partial charge in [-0.2, -0.15) is 0 Å². The first kappa shape index (κ1) is 24.3. The Balaban J connectivity index is 1.40. The molecule has 1 saturated heterocycles. The zero-order chi connectivity index (χ0) is 24.2. The van der Waals surface area contributed by atoms with Crippen molar-refractivity contribution in [1.29, 1.82) is 0 Å². The second kappa shape index (κ2) is 7.32. The van der Waals surface area contributed by atoms with Crippen LogP contribution in [-0.2, 0) is 4.74 Å². The molecule has 188 valence electrons. The predicted molar refractivity (Wildman–Crippen MR) is 134 cm³/mol. The topological polar surface area (TPSA) is 53.0 Å². The second-order valence-electron chi connectivity index (χ2n) is 14.7. The summed E-state index contributed by atoms with van der Waals surface area (Å²) in [4.78, 5) is 0. The van der Waals surface area contributed by atoms with Crippen LogP contribution in [0.2, 0.25) is 0 Å². The molecule has 0 spiro atoms. The van der Waals surface area contributed by atoms with Crippen LogP contribution in [0.15, 0.2) is 11.6 Å². The van der Waals surface area contributed by atoms with Gasteiger partial charge in [-0.3, -0.25) is 0 Å². The highest BCUT2D eigenvalue weighted by molar-refractivity contribution is 5.33. The van der Waals surface area contributed by atoms with Gasteiger partial charge in [0, 0.05) is 0 Å². The van der Waals surface area contributed by atoms with E-state index in [9.17, 15) is 10.2 Å². The minimum Gasteiger partial charge on any atom is -0.393 e. The van der Waals surface area contributed by atoms with Gasteiger partial charge >= 0.3 is 0 Å². The summed E-state index contributed by atoms with van der Waals surface area (Å²) in [6, 6.07) is 0. The van der Waals surface area contributed by atoms with Crippen molar-refractivity contribution in [2.24, 2.45) is 45.3 Å². The minimum atomic E-state index is -0.341. The van der Waals surface area contributed by atoms with Crippen molar-refractivity contribution in [2.75, 3.05) is 0 Å². The Morgan fingerprint density at radius 2 is 1.67 bits per heavy atom. The van der Waals surface area contributed by atoms with Gasteiger partial charge in [0.1, 0.15) is 6.10 Å². The predicted octanol–water partition coefficient (Wildman–Crippen LogP) is 6.52. The van der Waals surface area contributed by atoms with Crippen LogP contribution in [0.25, 0.3) is 0 Å². The van der Waals surface area contributed by atoms with Crippen LogP contribution in [-0.4, -0.2) is 34.1 Å². The molecule has 2 N–H and O–H groups in total. The van der Waals surface area contributed by atoms with Gasteiger partial charge in [0.2, 0.25) is 0 Å². The van der Waals surface area contributed by atoms with Gasteiger partial charge in [-0.15, -0.1) is 0 Å². The number of hydrogen-bond acceptors (Lipinski definition) is 3. The summed E-state index contributed by atoms with van der Waals surface area (Å²) < 4.78 is 5.76. The van der Waals surface area contributed by atoms with Crippen molar-refractivity contribution in [3.05, 3.63) is 11.6 Å². The SMILES string of the molecule is C[C@@H](C[C@@H](O)[C@H]1OC1(C)C)[C@@H]1CC[C@]2(C)C3=CC[C@@H]4C(C)(C)[C@@H](O)CC[C@]4(C)[C@H]3CC[C@@]12C. The molecular formula is C30H50O3. The summed E-state index contributed by atoms with van der Waals surface area (Å²) in [5, 5.41) is 21.7. The number of rotatable bonds is 4. The standard InChI is InChI=1S/C30H50O3/c1-18(17-22(31)25-27(4,5)33-25)19-11-15-30(8)21-9-10-23-26(2,3)24(32)13-14-28(23,6)20(21)12-16-29(19,30)7/h9,18-20,22-25,31-32H,10-17H2,1-8H3/t18-,19-,20-,22+,23+,24-,25+,28+,29-,30+/m0/s1. The maximum absolute atomic E-state index is 10.9. The summed E-state index contributed by atoms with van der Waals surface area (Å²) >= 11 is 0. The van der Waals surface area contributed by atoms with Gasteiger partial charge in [-0.05, 0) is 111 Å². The second-order valence-corrected chi connectivity index (χ2v) is 14.7. The van der Waals surface area contributed by atoms with E-state index in [1.807, 2.05) is 0 Å². The first-order valence-electron chi connectivity index (χ1n) is 13.9. The van der Waals surface area contributed by atoms with E-state index in [0.717, 1.165) is 19.3 Å². The van der Waals surface area contributed by atoms with Crippen molar-refractivity contribution in [1.82, 2.24) is 0 Å². The molecule has 1 heterocycles. The van der Waals surface area contributed by atoms with Gasteiger partial charge in [-0.1, -0.05) is 53.2 Å². The molecule has 4 fully saturated rings. The molecule has 0 bridgehead atoms. The van der Waals surface area contributed by atoms with E-state index in [1.165, 1.54) is 32.1 Å². The van der Waals surface area contributed by atoms with E-state index in [0.29, 0.717) is 34.5 Å². The van der Waals surface area contributed by atoms with Crippen molar-refractivity contribution in [3.8, 4) is 0 Å². The largest absolute Gasteiger partial charge is 0.393 e. The Morgan fingerprint density at radius 1 is 1.00 bits per heavy atom. The van der Waals surface area contributed by atoms with Crippen molar-refractivity contribution in [2.45, 2.75) is 131 Å². The van der Waals surface area contributed by atoms with Crippen LogP contribution in [0.4, 0.5) is 0 Å². The third-order valence-electron chi connectivity index (χ3n) is 12.6. The third kappa shape index (κ3) is 3.23. The Labute approximate surface area is 202 Å². The summed E-state index contributed by atoms with van der Waals surface area (Å²) in [5.41, 5.74) is 2.50. The van der Waals surface area contributed by atoms with Crippen LogP contribution in [0.1, 0.15) is 107 Å². The highest BCUT2D eigenvalue weighted by Crippen LogP contribution is 2.73. The van der Waals surface area contributed by atoms with Gasteiger partial charge < -0.3 is 14.9 Å². The Hall–Kier alpha value is -0.380.